The molecule has 8 aromatic rings. The number of hydrogen-bond acceptors (Lipinski definition) is 3. The van der Waals surface area contributed by atoms with Gasteiger partial charge in [0.15, 0.2) is 5.82 Å². The first-order chi connectivity index (χ1) is 26.8. The average molecular weight is 691 g/mol. The average Bonchev–Trinajstić information content (AvgIpc) is 3.54. The molecular weight excluding hydrogens is 657 g/mol. The van der Waals surface area contributed by atoms with Gasteiger partial charge in [0, 0.05) is 28.0 Å². The van der Waals surface area contributed by atoms with Gasteiger partial charge < -0.3 is 4.74 Å². The minimum atomic E-state index is -0.342. The highest BCUT2D eigenvalue weighted by Gasteiger charge is 2.55. The molecule has 254 valence electrons. The smallest absolute Gasteiger partial charge is 0.160 e. The summed E-state index contributed by atoms with van der Waals surface area (Å²) in [6.07, 6.45) is 6.93. The number of rotatable bonds is 4. The molecule has 0 amide bonds. The molecule has 2 unspecified atom stereocenters. The number of nitrogens with zero attached hydrogens (tertiary/aromatic N) is 2. The molecule has 0 saturated heterocycles. The van der Waals surface area contributed by atoms with Crippen LogP contribution in [0.4, 0.5) is 0 Å². The Hall–Kier alpha value is -6.84. The highest BCUT2D eigenvalue weighted by molar-refractivity contribution is 5.94. The van der Waals surface area contributed by atoms with Crippen LogP contribution in [-0.4, -0.2) is 16.1 Å². The summed E-state index contributed by atoms with van der Waals surface area (Å²) in [6, 6.07) is 62.6. The number of allylic oxidation sites excluding steroid dienone is 2. The first kappa shape index (κ1) is 30.8. The Morgan fingerprint density at radius 2 is 1.11 bits per heavy atom. The van der Waals surface area contributed by atoms with Crippen LogP contribution in [0.15, 0.2) is 194 Å². The molecule has 0 saturated carbocycles. The summed E-state index contributed by atoms with van der Waals surface area (Å²) in [6.45, 7) is 0. The zero-order valence-electron chi connectivity index (χ0n) is 29.4. The number of benzene rings is 7. The summed E-state index contributed by atoms with van der Waals surface area (Å²) in [4.78, 5) is 10.0. The lowest BCUT2D eigenvalue weighted by Gasteiger charge is -2.47. The second-order valence-corrected chi connectivity index (χ2v) is 14.4. The molecule has 0 fully saturated rings. The summed E-state index contributed by atoms with van der Waals surface area (Å²) in [5, 5.41) is 1.05. The monoisotopic (exact) mass is 690 g/mol. The Morgan fingerprint density at radius 1 is 0.481 bits per heavy atom. The predicted octanol–water partition coefficient (Wildman–Crippen LogP) is 12.0. The molecule has 0 N–H and O–H groups in total. The third-order valence-electron chi connectivity index (χ3n) is 11.6. The van der Waals surface area contributed by atoms with Gasteiger partial charge in [-0.15, -0.1) is 0 Å². The number of hydrogen-bond donors (Lipinski definition) is 0. The van der Waals surface area contributed by atoms with Crippen LogP contribution in [0.2, 0.25) is 0 Å². The van der Waals surface area contributed by atoms with Crippen molar-refractivity contribution in [2.45, 2.75) is 11.5 Å². The molecule has 3 heteroatoms. The van der Waals surface area contributed by atoms with E-state index in [0.29, 0.717) is 0 Å². The van der Waals surface area contributed by atoms with E-state index < -0.39 is 0 Å². The van der Waals surface area contributed by atoms with E-state index in [-0.39, 0.29) is 17.4 Å². The largest absolute Gasteiger partial charge is 0.485 e. The fourth-order valence-corrected chi connectivity index (χ4v) is 9.19. The van der Waals surface area contributed by atoms with Crippen LogP contribution in [0.1, 0.15) is 22.3 Å². The van der Waals surface area contributed by atoms with Gasteiger partial charge in [0.25, 0.3) is 0 Å². The molecule has 7 aromatic carbocycles. The third kappa shape index (κ3) is 4.61. The molecule has 3 nitrogen and oxygen atoms in total. The van der Waals surface area contributed by atoms with Crippen molar-refractivity contribution in [3.63, 3.8) is 0 Å². The summed E-state index contributed by atoms with van der Waals surface area (Å²) in [5.74, 6) is 1.77. The molecule has 1 aliphatic heterocycles. The van der Waals surface area contributed by atoms with Crippen molar-refractivity contribution in [2.24, 2.45) is 5.92 Å². The van der Waals surface area contributed by atoms with Crippen LogP contribution in [-0.2, 0) is 5.41 Å². The molecular formula is C51H34N2O. The molecule has 3 aliphatic rings. The SMILES string of the molecule is C1=CC2C(C=C1c1cccc(-c3ccc(-c4nc(-c5ccccc5)c5ccccc5n4)cc3)c1)Oc1ccccc1C21c2ccccc2-c2ccccc21. The van der Waals surface area contributed by atoms with E-state index in [2.05, 4.69) is 176 Å². The quantitative estimate of drug-likeness (QED) is 0.184. The minimum Gasteiger partial charge on any atom is -0.485 e. The Bertz CT molecular complexity index is 2770. The molecule has 1 spiro atoms. The van der Waals surface area contributed by atoms with E-state index in [1.807, 2.05) is 18.2 Å². The third-order valence-corrected chi connectivity index (χ3v) is 11.6. The summed E-state index contributed by atoms with van der Waals surface area (Å²) in [5.41, 5.74) is 14.8. The predicted molar refractivity (Wildman–Crippen MR) is 219 cm³/mol. The molecule has 54 heavy (non-hydrogen) atoms. The van der Waals surface area contributed by atoms with Gasteiger partial charge in [0.1, 0.15) is 11.9 Å². The van der Waals surface area contributed by atoms with Crippen LogP contribution in [0, 0.1) is 5.92 Å². The van der Waals surface area contributed by atoms with Gasteiger partial charge in [-0.1, -0.05) is 170 Å². The second kappa shape index (κ2) is 12.1. The topological polar surface area (TPSA) is 35.0 Å². The Balaban J connectivity index is 0.946. The van der Waals surface area contributed by atoms with Crippen LogP contribution in [0.5, 0.6) is 5.75 Å². The summed E-state index contributed by atoms with van der Waals surface area (Å²) < 4.78 is 6.90. The first-order valence-corrected chi connectivity index (χ1v) is 18.6. The van der Waals surface area contributed by atoms with E-state index >= 15 is 0 Å². The molecule has 2 aliphatic carbocycles. The molecule has 1 aromatic heterocycles. The Morgan fingerprint density at radius 3 is 1.91 bits per heavy atom. The van der Waals surface area contributed by atoms with Gasteiger partial charge in [-0.05, 0) is 68.8 Å². The van der Waals surface area contributed by atoms with Gasteiger partial charge in [-0.2, -0.15) is 0 Å². The molecule has 0 bridgehead atoms. The first-order valence-electron chi connectivity index (χ1n) is 18.6. The maximum absolute atomic E-state index is 6.90. The summed E-state index contributed by atoms with van der Waals surface area (Å²) in [7, 11) is 0. The fraction of sp³-hybridized carbons (Fsp3) is 0.0588. The maximum atomic E-state index is 6.90. The van der Waals surface area contributed by atoms with Crippen LogP contribution >= 0.6 is 0 Å². The molecule has 11 rings (SSSR count). The molecule has 0 radical (unpaired) electrons. The standard InChI is InChI=1S/C51H34N2O/c1-2-13-34(14-3-1)49-41-19-6-10-23-46(41)52-50(53-49)35-27-25-33(26-28-35)36-15-12-16-37(31-36)38-29-30-45-48(32-38)54-47-24-11-9-22-44(47)51(45)42-20-7-4-17-39(42)40-18-5-8-21-43(40)51/h1-32,45,48H. The van der Waals surface area contributed by atoms with E-state index in [1.54, 1.807) is 0 Å². The number of para-hydroxylation sites is 2. The van der Waals surface area contributed by atoms with E-state index in [9.17, 15) is 0 Å². The normalized spacial score (nSPS) is 17.2. The maximum Gasteiger partial charge on any atom is 0.160 e. The van der Waals surface area contributed by atoms with Crippen molar-refractivity contribution >= 4 is 16.5 Å². The van der Waals surface area contributed by atoms with Crippen molar-refractivity contribution in [2.75, 3.05) is 0 Å². The van der Waals surface area contributed by atoms with Crippen molar-refractivity contribution in [1.82, 2.24) is 9.97 Å². The molecule has 2 atom stereocenters. The van der Waals surface area contributed by atoms with Gasteiger partial charge >= 0.3 is 0 Å². The Labute approximate surface area is 314 Å². The van der Waals surface area contributed by atoms with Crippen molar-refractivity contribution in [1.29, 1.82) is 0 Å². The van der Waals surface area contributed by atoms with Crippen molar-refractivity contribution in [3.05, 3.63) is 216 Å². The zero-order chi connectivity index (χ0) is 35.6. The lowest BCUT2D eigenvalue weighted by molar-refractivity contribution is 0.142. The Kier molecular flexibility index (Phi) is 6.90. The number of aromatic nitrogens is 2. The molecule has 2 heterocycles. The number of fused-ring (bicyclic) bond motifs is 10. The van der Waals surface area contributed by atoms with Gasteiger partial charge in [0.05, 0.1) is 16.6 Å². The van der Waals surface area contributed by atoms with Crippen molar-refractivity contribution in [3.8, 4) is 50.6 Å². The van der Waals surface area contributed by atoms with Crippen LogP contribution in [0.3, 0.4) is 0 Å². The van der Waals surface area contributed by atoms with Gasteiger partial charge in [0.2, 0.25) is 0 Å². The van der Waals surface area contributed by atoms with Crippen molar-refractivity contribution < 1.29 is 4.74 Å². The highest BCUT2D eigenvalue weighted by atomic mass is 16.5. The lowest BCUT2D eigenvalue weighted by Crippen LogP contribution is -2.47. The lowest BCUT2D eigenvalue weighted by atomic mass is 9.60. The van der Waals surface area contributed by atoms with Gasteiger partial charge in [-0.25, -0.2) is 9.97 Å². The number of ether oxygens (including phenoxy) is 1. The van der Waals surface area contributed by atoms with Gasteiger partial charge in [-0.3, -0.25) is 0 Å². The fourth-order valence-electron chi connectivity index (χ4n) is 9.19. The van der Waals surface area contributed by atoms with E-state index in [1.165, 1.54) is 39.0 Å². The highest BCUT2D eigenvalue weighted by Crippen LogP contribution is 2.62. The van der Waals surface area contributed by atoms with Crippen LogP contribution in [0.25, 0.3) is 61.4 Å². The minimum absolute atomic E-state index is 0.0939. The van der Waals surface area contributed by atoms with E-state index in [4.69, 9.17) is 14.7 Å². The zero-order valence-corrected chi connectivity index (χ0v) is 29.4. The second-order valence-electron chi connectivity index (χ2n) is 14.4. The van der Waals surface area contributed by atoms with Crippen LogP contribution < -0.4 is 4.74 Å². The summed E-state index contributed by atoms with van der Waals surface area (Å²) >= 11 is 0. The van der Waals surface area contributed by atoms with E-state index in [0.717, 1.165) is 50.4 Å².